The molecule has 0 atom stereocenters. The SMILES string of the molecule is Cc1ccc(C(=O)Nc2ccc(F)c(C(=O)O)c2)c(=O)[nH]1. The predicted molar refractivity (Wildman–Crippen MR) is 73.1 cm³/mol. The van der Waals surface area contributed by atoms with Crippen LogP contribution in [0.2, 0.25) is 0 Å². The monoisotopic (exact) mass is 290 g/mol. The van der Waals surface area contributed by atoms with E-state index in [-0.39, 0.29) is 11.3 Å². The average Bonchev–Trinajstić information content (AvgIpc) is 2.40. The lowest BCUT2D eigenvalue weighted by Crippen LogP contribution is -2.23. The standard InChI is InChI=1S/C14H11FN2O4/c1-7-2-4-9(12(18)16-7)13(19)17-8-3-5-11(15)10(6-8)14(20)21/h2-6H,1H3,(H,16,18)(H,17,19)(H,20,21). The minimum Gasteiger partial charge on any atom is -0.478 e. The van der Waals surface area contributed by atoms with Crippen molar-refractivity contribution in [1.82, 2.24) is 4.98 Å². The van der Waals surface area contributed by atoms with Crippen LogP contribution < -0.4 is 10.9 Å². The molecule has 0 saturated heterocycles. The molecule has 0 saturated carbocycles. The highest BCUT2D eigenvalue weighted by atomic mass is 19.1. The Kier molecular flexibility index (Phi) is 3.84. The summed E-state index contributed by atoms with van der Waals surface area (Å²) >= 11 is 0. The van der Waals surface area contributed by atoms with Crippen LogP contribution >= 0.6 is 0 Å². The zero-order valence-corrected chi connectivity index (χ0v) is 10.9. The number of aromatic amines is 1. The summed E-state index contributed by atoms with van der Waals surface area (Å²) in [6.45, 7) is 1.67. The molecule has 0 unspecified atom stereocenters. The maximum absolute atomic E-state index is 13.2. The van der Waals surface area contributed by atoms with E-state index >= 15 is 0 Å². The summed E-state index contributed by atoms with van der Waals surface area (Å²) in [5.41, 5.74) is -0.564. The van der Waals surface area contributed by atoms with Crippen molar-refractivity contribution >= 4 is 17.6 Å². The van der Waals surface area contributed by atoms with Gasteiger partial charge in [-0.25, -0.2) is 9.18 Å². The molecule has 0 aliphatic heterocycles. The molecule has 7 heteroatoms. The quantitative estimate of drug-likeness (QED) is 0.802. The van der Waals surface area contributed by atoms with Crippen molar-refractivity contribution in [2.75, 3.05) is 5.32 Å². The van der Waals surface area contributed by atoms with Gasteiger partial charge in [0, 0.05) is 11.4 Å². The highest BCUT2D eigenvalue weighted by Gasteiger charge is 2.14. The summed E-state index contributed by atoms with van der Waals surface area (Å²) in [6.07, 6.45) is 0. The van der Waals surface area contributed by atoms with Gasteiger partial charge in [-0.15, -0.1) is 0 Å². The van der Waals surface area contributed by atoms with Gasteiger partial charge in [-0.1, -0.05) is 0 Å². The number of hydrogen-bond donors (Lipinski definition) is 3. The smallest absolute Gasteiger partial charge is 0.338 e. The van der Waals surface area contributed by atoms with Gasteiger partial charge in [-0.05, 0) is 37.3 Å². The van der Waals surface area contributed by atoms with Gasteiger partial charge >= 0.3 is 5.97 Å². The highest BCUT2D eigenvalue weighted by molar-refractivity contribution is 6.04. The number of halogens is 1. The number of carbonyl (C=O) groups is 2. The van der Waals surface area contributed by atoms with E-state index in [4.69, 9.17) is 5.11 Å². The van der Waals surface area contributed by atoms with Crippen LogP contribution in [0.4, 0.5) is 10.1 Å². The molecular formula is C14H11FN2O4. The molecule has 108 valence electrons. The van der Waals surface area contributed by atoms with Crippen LogP contribution in [0.3, 0.4) is 0 Å². The molecule has 1 aromatic heterocycles. The number of carboxylic acids is 1. The Labute approximate surface area is 118 Å². The second-order valence-corrected chi connectivity index (χ2v) is 4.34. The lowest BCUT2D eigenvalue weighted by molar-refractivity contribution is 0.0691. The molecule has 0 aliphatic rings. The summed E-state index contributed by atoms with van der Waals surface area (Å²) in [5, 5.41) is 11.2. The number of rotatable bonds is 3. The number of aromatic carboxylic acids is 1. The molecule has 6 nitrogen and oxygen atoms in total. The van der Waals surface area contributed by atoms with E-state index in [0.717, 1.165) is 12.1 Å². The molecular weight excluding hydrogens is 279 g/mol. The third-order valence-electron chi connectivity index (χ3n) is 2.75. The third-order valence-corrected chi connectivity index (χ3v) is 2.75. The second kappa shape index (κ2) is 5.58. The van der Waals surface area contributed by atoms with Crippen LogP contribution in [0.1, 0.15) is 26.4 Å². The molecule has 0 bridgehead atoms. The van der Waals surface area contributed by atoms with E-state index in [9.17, 15) is 18.8 Å². The van der Waals surface area contributed by atoms with Gasteiger partial charge in [0.05, 0.1) is 5.56 Å². The number of pyridine rings is 1. The van der Waals surface area contributed by atoms with E-state index in [1.54, 1.807) is 13.0 Å². The normalized spacial score (nSPS) is 10.2. The molecule has 21 heavy (non-hydrogen) atoms. The Morgan fingerprint density at radius 3 is 2.52 bits per heavy atom. The fraction of sp³-hybridized carbons (Fsp3) is 0.0714. The van der Waals surface area contributed by atoms with Crippen LogP contribution in [0.25, 0.3) is 0 Å². The number of carboxylic acid groups (broad SMARTS) is 1. The number of carbonyl (C=O) groups excluding carboxylic acids is 1. The van der Waals surface area contributed by atoms with Gasteiger partial charge in [0.1, 0.15) is 11.4 Å². The largest absolute Gasteiger partial charge is 0.478 e. The topological polar surface area (TPSA) is 99.3 Å². The Morgan fingerprint density at radius 2 is 1.90 bits per heavy atom. The van der Waals surface area contributed by atoms with Crippen LogP contribution in [0, 0.1) is 12.7 Å². The second-order valence-electron chi connectivity index (χ2n) is 4.34. The van der Waals surface area contributed by atoms with E-state index < -0.39 is 28.8 Å². The van der Waals surface area contributed by atoms with Crippen LogP contribution in [0.15, 0.2) is 35.1 Å². The van der Waals surface area contributed by atoms with Crippen molar-refractivity contribution in [3.05, 3.63) is 63.3 Å². The Balaban J connectivity index is 2.29. The zero-order chi connectivity index (χ0) is 15.6. The molecule has 0 aliphatic carbocycles. The van der Waals surface area contributed by atoms with Crippen molar-refractivity contribution in [2.24, 2.45) is 0 Å². The molecule has 0 radical (unpaired) electrons. The lowest BCUT2D eigenvalue weighted by Gasteiger charge is -2.06. The Morgan fingerprint density at radius 1 is 1.19 bits per heavy atom. The van der Waals surface area contributed by atoms with Crippen molar-refractivity contribution in [3.8, 4) is 0 Å². The van der Waals surface area contributed by atoms with Crippen LogP contribution in [-0.4, -0.2) is 22.0 Å². The minimum atomic E-state index is -1.45. The first-order chi connectivity index (χ1) is 9.88. The van der Waals surface area contributed by atoms with Crippen molar-refractivity contribution in [3.63, 3.8) is 0 Å². The van der Waals surface area contributed by atoms with Gasteiger partial charge in [-0.2, -0.15) is 0 Å². The summed E-state index contributed by atoms with van der Waals surface area (Å²) < 4.78 is 13.2. The van der Waals surface area contributed by atoms with E-state index in [0.29, 0.717) is 5.69 Å². The number of hydrogen-bond acceptors (Lipinski definition) is 3. The van der Waals surface area contributed by atoms with Gasteiger partial charge in [0.15, 0.2) is 0 Å². The number of aromatic nitrogens is 1. The first-order valence-corrected chi connectivity index (χ1v) is 5.92. The molecule has 1 amide bonds. The molecule has 0 fully saturated rings. The number of H-pyrrole nitrogens is 1. The predicted octanol–water partition coefficient (Wildman–Crippen LogP) is 1.77. The van der Waals surface area contributed by atoms with Gasteiger partial charge < -0.3 is 15.4 Å². The summed E-state index contributed by atoms with van der Waals surface area (Å²) in [6, 6.07) is 6.03. The van der Waals surface area contributed by atoms with E-state index in [1.165, 1.54) is 12.1 Å². The molecule has 2 rings (SSSR count). The third kappa shape index (κ3) is 3.14. The number of benzene rings is 1. The molecule has 2 aromatic rings. The number of anilines is 1. The molecule has 0 spiro atoms. The summed E-state index contributed by atoms with van der Waals surface area (Å²) in [7, 11) is 0. The number of nitrogens with one attached hydrogen (secondary N) is 2. The van der Waals surface area contributed by atoms with E-state index in [2.05, 4.69) is 10.3 Å². The molecule has 3 N–H and O–H groups in total. The Bertz CT molecular complexity index is 783. The fourth-order valence-corrected chi connectivity index (χ4v) is 1.72. The van der Waals surface area contributed by atoms with Crippen molar-refractivity contribution in [1.29, 1.82) is 0 Å². The Hall–Kier alpha value is -2.96. The van der Waals surface area contributed by atoms with Gasteiger partial charge in [-0.3, -0.25) is 9.59 Å². The van der Waals surface area contributed by atoms with Crippen molar-refractivity contribution in [2.45, 2.75) is 6.92 Å². The first kappa shape index (κ1) is 14.4. The fourth-order valence-electron chi connectivity index (χ4n) is 1.72. The summed E-state index contributed by atoms with van der Waals surface area (Å²) in [5.74, 6) is -3.07. The zero-order valence-electron chi connectivity index (χ0n) is 10.9. The van der Waals surface area contributed by atoms with Gasteiger partial charge in [0.2, 0.25) is 0 Å². The number of aryl methyl sites for hydroxylation is 1. The van der Waals surface area contributed by atoms with Crippen molar-refractivity contribution < 1.29 is 19.1 Å². The first-order valence-electron chi connectivity index (χ1n) is 5.92. The molecule has 1 heterocycles. The van der Waals surface area contributed by atoms with Gasteiger partial charge in [0.25, 0.3) is 11.5 Å². The minimum absolute atomic E-state index is 0.0822. The van der Waals surface area contributed by atoms with Crippen LogP contribution in [-0.2, 0) is 0 Å². The lowest BCUT2D eigenvalue weighted by atomic mass is 10.1. The maximum atomic E-state index is 13.2. The average molecular weight is 290 g/mol. The number of amides is 1. The van der Waals surface area contributed by atoms with Crippen LogP contribution in [0.5, 0.6) is 0 Å². The maximum Gasteiger partial charge on any atom is 0.338 e. The summed E-state index contributed by atoms with van der Waals surface area (Å²) in [4.78, 5) is 36.9. The molecule has 1 aromatic carbocycles. The highest BCUT2D eigenvalue weighted by Crippen LogP contribution is 2.15. The van der Waals surface area contributed by atoms with E-state index in [1.807, 2.05) is 0 Å².